The number of nitrogens with two attached hydrogens (primary N) is 1. The number of nitrogen functional groups attached to an aromatic ring is 1. The summed E-state index contributed by atoms with van der Waals surface area (Å²) < 4.78 is 5.78. The summed E-state index contributed by atoms with van der Waals surface area (Å²) in [5.41, 5.74) is 7.32. The molecule has 1 aliphatic heterocycles. The van der Waals surface area contributed by atoms with Crippen LogP contribution in [0, 0.1) is 0 Å². The van der Waals surface area contributed by atoms with Crippen molar-refractivity contribution in [2.75, 3.05) is 23.8 Å². The van der Waals surface area contributed by atoms with Crippen LogP contribution in [0.4, 0.5) is 11.4 Å². The van der Waals surface area contributed by atoms with Gasteiger partial charge in [0.25, 0.3) is 0 Å². The van der Waals surface area contributed by atoms with Crippen LogP contribution in [-0.4, -0.2) is 36.4 Å². The molecule has 1 aromatic rings. The van der Waals surface area contributed by atoms with E-state index < -0.39 is 5.97 Å². The van der Waals surface area contributed by atoms with Crippen molar-refractivity contribution >= 4 is 17.3 Å². The summed E-state index contributed by atoms with van der Waals surface area (Å²) in [5, 5.41) is 9.00. The van der Waals surface area contributed by atoms with Gasteiger partial charge in [0.1, 0.15) is 0 Å². The number of nitrogens with zero attached hydrogens (tertiary/aromatic N) is 1. The number of morpholine rings is 1. The Morgan fingerprint density at radius 3 is 3.00 bits per heavy atom. The molecule has 3 N–H and O–H groups in total. The van der Waals surface area contributed by atoms with Gasteiger partial charge in [-0.3, -0.25) is 0 Å². The summed E-state index contributed by atoms with van der Waals surface area (Å²) in [6.07, 6.45) is 3.75. The van der Waals surface area contributed by atoms with Crippen molar-refractivity contribution in [2.45, 2.75) is 31.4 Å². The molecule has 3 rings (SSSR count). The van der Waals surface area contributed by atoms with E-state index in [4.69, 9.17) is 15.6 Å². The molecule has 1 aliphatic carbocycles. The number of aromatic carboxylic acids is 1. The number of rotatable bonds is 2. The van der Waals surface area contributed by atoms with E-state index in [0.29, 0.717) is 17.8 Å². The van der Waals surface area contributed by atoms with Gasteiger partial charge in [0.2, 0.25) is 0 Å². The SMILES string of the molecule is Nc1cc(N2CCOC3CCCC32)ccc1C(=O)O. The first-order valence-electron chi connectivity index (χ1n) is 6.68. The molecule has 1 saturated carbocycles. The van der Waals surface area contributed by atoms with Gasteiger partial charge in [-0.15, -0.1) is 0 Å². The number of hydrogen-bond acceptors (Lipinski definition) is 4. The Kier molecular flexibility index (Phi) is 3.06. The Morgan fingerprint density at radius 1 is 1.42 bits per heavy atom. The third-order valence-electron chi connectivity index (χ3n) is 4.08. The fraction of sp³-hybridized carbons (Fsp3) is 0.500. The summed E-state index contributed by atoms with van der Waals surface area (Å²) in [7, 11) is 0. The molecule has 0 bridgehead atoms. The molecule has 0 amide bonds. The molecular formula is C14H18N2O3. The normalized spacial score (nSPS) is 26.2. The van der Waals surface area contributed by atoms with Crippen LogP contribution in [0.3, 0.4) is 0 Å². The first-order valence-corrected chi connectivity index (χ1v) is 6.68. The van der Waals surface area contributed by atoms with Crippen molar-refractivity contribution in [1.82, 2.24) is 0 Å². The number of carboxylic acid groups (broad SMARTS) is 1. The fourth-order valence-corrected chi connectivity index (χ4v) is 3.17. The van der Waals surface area contributed by atoms with Crippen molar-refractivity contribution in [1.29, 1.82) is 0 Å². The first-order chi connectivity index (χ1) is 9.16. The zero-order chi connectivity index (χ0) is 13.4. The molecule has 0 spiro atoms. The minimum Gasteiger partial charge on any atom is -0.478 e. The zero-order valence-electron chi connectivity index (χ0n) is 10.7. The van der Waals surface area contributed by atoms with Gasteiger partial charge in [-0.05, 0) is 37.5 Å². The van der Waals surface area contributed by atoms with Gasteiger partial charge in [0, 0.05) is 17.9 Å². The Hall–Kier alpha value is -1.75. The third-order valence-corrected chi connectivity index (χ3v) is 4.08. The lowest BCUT2D eigenvalue weighted by Gasteiger charge is -2.39. The second kappa shape index (κ2) is 4.74. The Morgan fingerprint density at radius 2 is 2.26 bits per heavy atom. The van der Waals surface area contributed by atoms with Gasteiger partial charge in [-0.1, -0.05) is 0 Å². The summed E-state index contributed by atoms with van der Waals surface area (Å²) in [6, 6.07) is 5.61. The van der Waals surface area contributed by atoms with Gasteiger partial charge in [0.05, 0.1) is 24.3 Å². The predicted octanol–water partition coefficient (Wildman–Crippen LogP) is 1.72. The van der Waals surface area contributed by atoms with E-state index in [2.05, 4.69) is 4.90 Å². The number of benzene rings is 1. The highest BCUT2D eigenvalue weighted by Crippen LogP contribution is 2.34. The molecule has 1 heterocycles. The second-order valence-electron chi connectivity index (χ2n) is 5.18. The number of fused-ring (bicyclic) bond motifs is 1. The maximum absolute atomic E-state index is 11.0. The van der Waals surface area contributed by atoms with Gasteiger partial charge in [-0.2, -0.15) is 0 Å². The van der Waals surface area contributed by atoms with E-state index in [0.717, 1.165) is 31.7 Å². The lowest BCUT2D eigenvalue weighted by molar-refractivity contribution is 0.0256. The summed E-state index contributed by atoms with van der Waals surface area (Å²) >= 11 is 0. The minimum absolute atomic E-state index is 0.167. The van der Waals surface area contributed by atoms with Crippen LogP contribution in [0.1, 0.15) is 29.6 Å². The molecule has 5 nitrogen and oxygen atoms in total. The van der Waals surface area contributed by atoms with Gasteiger partial charge >= 0.3 is 5.97 Å². The third kappa shape index (κ3) is 2.14. The number of hydrogen-bond donors (Lipinski definition) is 2. The molecule has 0 radical (unpaired) electrons. The van der Waals surface area contributed by atoms with Crippen molar-refractivity contribution in [3.05, 3.63) is 23.8 Å². The highest BCUT2D eigenvalue weighted by molar-refractivity contribution is 5.94. The fourth-order valence-electron chi connectivity index (χ4n) is 3.17. The number of carboxylic acids is 1. The van der Waals surface area contributed by atoms with Crippen LogP contribution in [0.25, 0.3) is 0 Å². The zero-order valence-corrected chi connectivity index (χ0v) is 10.7. The van der Waals surface area contributed by atoms with Crippen LogP contribution in [0.2, 0.25) is 0 Å². The van der Waals surface area contributed by atoms with E-state index in [-0.39, 0.29) is 5.56 Å². The molecule has 2 unspecified atom stereocenters. The topological polar surface area (TPSA) is 75.8 Å². The molecule has 2 fully saturated rings. The number of carbonyl (C=O) groups is 1. The van der Waals surface area contributed by atoms with Crippen LogP contribution >= 0.6 is 0 Å². The number of anilines is 2. The van der Waals surface area contributed by atoms with E-state index in [1.165, 1.54) is 6.42 Å². The molecule has 2 aliphatic rings. The Bertz CT molecular complexity index is 503. The summed E-state index contributed by atoms with van der Waals surface area (Å²) in [5.74, 6) is -0.982. The largest absolute Gasteiger partial charge is 0.478 e. The predicted molar refractivity (Wildman–Crippen MR) is 72.5 cm³/mol. The average molecular weight is 262 g/mol. The highest BCUT2D eigenvalue weighted by atomic mass is 16.5. The Balaban J connectivity index is 1.89. The molecular weight excluding hydrogens is 244 g/mol. The van der Waals surface area contributed by atoms with Crippen LogP contribution < -0.4 is 10.6 Å². The summed E-state index contributed by atoms with van der Waals surface area (Å²) in [6.45, 7) is 1.56. The van der Waals surface area contributed by atoms with E-state index in [9.17, 15) is 4.79 Å². The van der Waals surface area contributed by atoms with Crippen LogP contribution in [0.5, 0.6) is 0 Å². The van der Waals surface area contributed by atoms with E-state index in [1.807, 2.05) is 6.07 Å². The molecule has 5 heteroatoms. The highest BCUT2D eigenvalue weighted by Gasteiger charge is 2.36. The minimum atomic E-state index is -0.982. The van der Waals surface area contributed by atoms with Crippen molar-refractivity contribution in [3.8, 4) is 0 Å². The van der Waals surface area contributed by atoms with Crippen LogP contribution in [-0.2, 0) is 4.74 Å². The molecule has 2 atom stereocenters. The standard InChI is InChI=1S/C14H18N2O3/c15-11-8-9(4-5-10(11)14(17)18)16-6-7-19-13-3-1-2-12(13)16/h4-5,8,12-13H,1-3,6-7,15H2,(H,17,18). The van der Waals surface area contributed by atoms with Crippen molar-refractivity contribution in [2.24, 2.45) is 0 Å². The quantitative estimate of drug-likeness (QED) is 0.794. The second-order valence-corrected chi connectivity index (χ2v) is 5.18. The molecule has 1 aromatic carbocycles. The van der Waals surface area contributed by atoms with E-state index in [1.54, 1.807) is 12.1 Å². The van der Waals surface area contributed by atoms with E-state index >= 15 is 0 Å². The molecule has 19 heavy (non-hydrogen) atoms. The first kappa shape index (κ1) is 12.3. The molecule has 0 aromatic heterocycles. The lowest BCUT2D eigenvalue weighted by Crippen LogP contribution is -2.48. The molecule has 102 valence electrons. The Labute approximate surface area is 112 Å². The number of ether oxygens (including phenoxy) is 1. The smallest absolute Gasteiger partial charge is 0.337 e. The van der Waals surface area contributed by atoms with Gasteiger partial charge in [0.15, 0.2) is 0 Å². The summed E-state index contributed by atoms with van der Waals surface area (Å²) in [4.78, 5) is 13.3. The van der Waals surface area contributed by atoms with Crippen molar-refractivity contribution in [3.63, 3.8) is 0 Å². The maximum atomic E-state index is 11.0. The monoisotopic (exact) mass is 262 g/mol. The maximum Gasteiger partial charge on any atom is 0.337 e. The average Bonchev–Trinajstić information content (AvgIpc) is 2.86. The van der Waals surface area contributed by atoms with Crippen molar-refractivity contribution < 1.29 is 14.6 Å². The lowest BCUT2D eigenvalue weighted by atomic mass is 10.1. The van der Waals surface area contributed by atoms with Gasteiger partial charge < -0.3 is 20.5 Å². The molecule has 1 saturated heterocycles. The van der Waals surface area contributed by atoms with Crippen LogP contribution in [0.15, 0.2) is 18.2 Å². The van der Waals surface area contributed by atoms with Gasteiger partial charge in [-0.25, -0.2) is 4.79 Å².